The van der Waals surface area contributed by atoms with Gasteiger partial charge < -0.3 is 15.5 Å². The molecule has 1 aromatic rings. The second-order valence-electron chi connectivity index (χ2n) is 6.30. The van der Waals surface area contributed by atoms with Gasteiger partial charge in [-0.1, -0.05) is 26.8 Å². The van der Waals surface area contributed by atoms with Gasteiger partial charge in [0.25, 0.3) is 0 Å². The van der Waals surface area contributed by atoms with Crippen LogP contribution in [-0.2, 0) is 0 Å². The first-order chi connectivity index (χ1) is 8.89. The van der Waals surface area contributed by atoms with E-state index < -0.39 is 0 Å². The Morgan fingerprint density at radius 2 is 1.62 bits per heavy atom. The highest BCUT2D eigenvalue weighted by Crippen LogP contribution is 2.40. The molecule has 3 N–H and O–H groups in total. The van der Waals surface area contributed by atoms with Crippen molar-refractivity contribution in [1.82, 2.24) is 10.2 Å². The van der Waals surface area contributed by atoms with Crippen LogP contribution in [-0.4, -0.2) is 41.3 Å². The lowest BCUT2D eigenvalue weighted by Gasteiger charge is -2.42. The van der Waals surface area contributed by atoms with Gasteiger partial charge in [0, 0.05) is 32.2 Å². The van der Waals surface area contributed by atoms with Crippen molar-refractivity contribution in [2.45, 2.75) is 26.8 Å². The largest absolute Gasteiger partial charge is 0.504 e. The maximum atomic E-state index is 9.73. The smallest absolute Gasteiger partial charge is 0.157 e. The summed E-state index contributed by atoms with van der Waals surface area (Å²) in [6.45, 7) is 10.6. The number of hydrogen-bond donors (Lipinski definition) is 3. The number of nitrogens with one attached hydrogen (secondary N) is 1. The zero-order chi connectivity index (χ0) is 14.0. The molecule has 0 bridgehead atoms. The second kappa shape index (κ2) is 8.08. The van der Waals surface area contributed by atoms with Crippen molar-refractivity contribution >= 4 is 24.8 Å². The van der Waals surface area contributed by atoms with E-state index in [-0.39, 0.29) is 47.8 Å². The van der Waals surface area contributed by atoms with Crippen molar-refractivity contribution in [3.05, 3.63) is 23.8 Å². The van der Waals surface area contributed by atoms with Gasteiger partial charge in [-0.3, -0.25) is 4.90 Å². The Labute approximate surface area is 139 Å². The van der Waals surface area contributed by atoms with Crippen LogP contribution in [0.2, 0.25) is 0 Å². The molecule has 0 spiro atoms. The molecule has 1 heterocycles. The third-order valence-electron chi connectivity index (χ3n) is 3.65. The van der Waals surface area contributed by atoms with E-state index in [1.165, 1.54) is 0 Å². The molecule has 1 aromatic carbocycles. The Hall–Kier alpha value is -0.680. The SMILES string of the molecule is CC(C)(C)[C@@H](c1ccc(O)c(O)c1)N1CCNCC1.Cl.Cl. The molecule has 122 valence electrons. The molecule has 0 saturated carbocycles. The third kappa shape index (κ3) is 4.92. The van der Waals surface area contributed by atoms with Crippen molar-refractivity contribution in [3.63, 3.8) is 0 Å². The molecule has 0 aliphatic carbocycles. The lowest BCUT2D eigenvalue weighted by molar-refractivity contribution is 0.0860. The number of rotatable bonds is 2. The number of phenols is 2. The molecular weight excluding hydrogens is 311 g/mol. The topological polar surface area (TPSA) is 55.7 Å². The molecule has 21 heavy (non-hydrogen) atoms. The van der Waals surface area contributed by atoms with Gasteiger partial charge in [0.05, 0.1) is 0 Å². The van der Waals surface area contributed by atoms with Crippen molar-refractivity contribution in [3.8, 4) is 11.5 Å². The Kier molecular flexibility index (Phi) is 7.82. The lowest BCUT2D eigenvalue weighted by Crippen LogP contribution is -2.48. The van der Waals surface area contributed by atoms with Gasteiger partial charge in [0.2, 0.25) is 0 Å². The van der Waals surface area contributed by atoms with Crippen molar-refractivity contribution in [1.29, 1.82) is 0 Å². The second-order valence-corrected chi connectivity index (χ2v) is 6.30. The number of aromatic hydroxyl groups is 2. The number of hydrogen-bond acceptors (Lipinski definition) is 4. The molecular formula is C15H26Cl2N2O2. The first-order valence-corrected chi connectivity index (χ1v) is 6.86. The molecule has 0 unspecified atom stereocenters. The van der Waals surface area contributed by atoms with Crippen LogP contribution in [0, 0.1) is 5.41 Å². The Bertz CT molecular complexity index is 444. The van der Waals surface area contributed by atoms with E-state index in [0.29, 0.717) is 0 Å². The standard InChI is InChI=1S/C15H24N2O2.2ClH/c1-15(2,3)14(17-8-6-16-7-9-17)11-4-5-12(18)13(19)10-11;;/h4-5,10,14,16,18-19H,6-9H2,1-3H3;2*1H/t14-;;/m1../s1. The van der Waals surface area contributed by atoms with Crippen molar-refractivity contribution in [2.24, 2.45) is 5.41 Å². The monoisotopic (exact) mass is 336 g/mol. The summed E-state index contributed by atoms with van der Waals surface area (Å²) in [4.78, 5) is 2.45. The predicted octanol–water partition coefficient (Wildman–Crippen LogP) is 2.93. The van der Waals surface area contributed by atoms with E-state index in [2.05, 4.69) is 31.0 Å². The van der Waals surface area contributed by atoms with E-state index in [1.54, 1.807) is 12.1 Å². The van der Waals surface area contributed by atoms with Gasteiger partial charge in [-0.05, 0) is 23.1 Å². The fourth-order valence-electron chi connectivity index (χ4n) is 2.91. The van der Waals surface area contributed by atoms with E-state index in [1.807, 2.05) is 6.07 Å². The average Bonchev–Trinajstić information content (AvgIpc) is 2.34. The quantitative estimate of drug-likeness (QED) is 0.727. The molecule has 1 fully saturated rings. The predicted molar refractivity (Wildman–Crippen MR) is 90.9 cm³/mol. The molecule has 1 saturated heterocycles. The van der Waals surface area contributed by atoms with Crippen LogP contribution in [0.5, 0.6) is 11.5 Å². The lowest BCUT2D eigenvalue weighted by atomic mass is 9.81. The first-order valence-electron chi connectivity index (χ1n) is 6.86. The van der Waals surface area contributed by atoms with Gasteiger partial charge in [0.15, 0.2) is 11.5 Å². The molecule has 1 aliphatic rings. The summed E-state index contributed by atoms with van der Waals surface area (Å²) in [5.41, 5.74) is 1.13. The molecule has 0 amide bonds. The molecule has 0 radical (unpaired) electrons. The summed E-state index contributed by atoms with van der Waals surface area (Å²) < 4.78 is 0. The van der Waals surface area contributed by atoms with E-state index >= 15 is 0 Å². The fourth-order valence-corrected chi connectivity index (χ4v) is 2.91. The van der Waals surface area contributed by atoms with Crippen molar-refractivity contribution in [2.75, 3.05) is 26.2 Å². The molecule has 2 rings (SSSR count). The summed E-state index contributed by atoms with van der Waals surface area (Å²) in [7, 11) is 0. The van der Waals surface area contributed by atoms with Crippen LogP contribution < -0.4 is 5.32 Å². The average molecular weight is 337 g/mol. The number of phenolic OH excluding ortho intramolecular Hbond substituents is 2. The Balaban J connectivity index is 0.00000200. The van der Waals surface area contributed by atoms with E-state index in [9.17, 15) is 10.2 Å². The summed E-state index contributed by atoms with van der Waals surface area (Å²) in [6, 6.07) is 5.41. The van der Waals surface area contributed by atoms with Crippen LogP contribution in [0.4, 0.5) is 0 Å². The third-order valence-corrected chi connectivity index (χ3v) is 3.65. The normalized spacial score (nSPS) is 17.5. The zero-order valence-corrected chi connectivity index (χ0v) is 14.4. The van der Waals surface area contributed by atoms with Crippen LogP contribution in [0.3, 0.4) is 0 Å². The minimum atomic E-state index is -0.0586. The maximum absolute atomic E-state index is 9.73. The summed E-state index contributed by atoms with van der Waals surface area (Å²) >= 11 is 0. The van der Waals surface area contributed by atoms with Crippen LogP contribution in [0.1, 0.15) is 32.4 Å². The minimum Gasteiger partial charge on any atom is -0.504 e. The summed E-state index contributed by atoms with van der Waals surface area (Å²) in [5, 5.41) is 22.6. The van der Waals surface area contributed by atoms with Crippen LogP contribution in [0.25, 0.3) is 0 Å². The fraction of sp³-hybridized carbons (Fsp3) is 0.600. The van der Waals surface area contributed by atoms with E-state index in [0.717, 1.165) is 31.7 Å². The number of piperazine rings is 1. The van der Waals surface area contributed by atoms with Crippen molar-refractivity contribution < 1.29 is 10.2 Å². The van der Waals surface area contributed by atoms with Gasteiger partial charge in [-0.15, -0.1) is 24.8 Å². The highest BCUT2D eigenvalue weighted by atomic mass is 35.5. The number of halogens is 2. The molecule has 6 heteroatoms. The number of benzene rings is 1. The summed E-state index contributed by atoms with van der Waals surface area (Å²) in [5.74, 6) is -0.0985. The molecule has 0 aromatic heterocycles. The Morgan fingerprint density at radius 1 is 1.05 bits per heavy atom. The highest BCUT2D eigenvalue weighted by molar-refractivity contribution is 5.85. The maximum Gasteiger partial charge on any atom is 0.157 e. The zero-order valence-electron chi connectivity index (χ0n) is 12.8. The minimum absolute atomic E-state index is 0. The van der Waals surface area contributed by atoms with Gasteiger partial charge >= 0.3 is 0 Å². The van der Waals surface area contributed by atoms with Gasteiger partial charge in [-0.25, -0.2) is 0 Å². The van der Waals surface area contributed by atoms with Gasteiger partial charge in [0.1, 0.15) is 0 Å². The van der Waals surface area contributed by atoms with Gasteiger partial charge in [-0.2, -0.15) is 0 Å². The molecule has 1 aliphatic heterocycles. The van der Waals surface area contributed by atoms with Crippen LogP contribution >= 0.6 is 24.8 Å². The molecule has 1 atom stereocenters. The Morgan fingerprint density at radius 3 is 2.10 bits per heavy atom. The van der Waals surface area contributed by atoms with Crippen LogP contribution in [0.15, 0.2) is 18.2 Å². The summed E-state index contributed by atoms with van der Waals surface area (Å²) in [6.07, 6.45) is 0. The number of nitrogens with zero attached hydrogens (tertiary/aromatic N) is 1. The highest BCUT2D eigenvalue weighted by Gasteiger charge is 2.32. The molecule has 4 nitrogen and oxygen atoms in total. The van der Waals surface area contributed by atoms with E-state index in [4.69, 9.17) is 0 Å². The first kappa shape index (κ1) is 20.3.